The van der Waals surface area contributed by atoms with Crippen LogP contribution in [-0.2, 0) is 34.7 Å². The summed E-state index contributed by atoms with van der Waals surface area (Å²) in [6.45, 7) is 19.1. The van der Waals surface area contributed by atoms with Crippen molar-refractivity contribution in [1.29, 1.82) is 0 Å². The number of benzene rings is 8. The quantitative estimate of drug-likeness (QED) is 0.175. The molecule has 320 valence electrons. The molecule has 0 spiro atoms. The molecule has 8 aromatic rings. The Morgan fingerprint density at radius 3 is 0.738 bits per heavy atom. The average Bonchev–Trinajstić information content (AvgIpc) is 3.87. The lowest BCUT2D eigenvalue weighted by Gasteiger charge is -2.24. The Morgan fingerprint density at radius 1 is 0.277 bits per heavy atom. The highest BCUT2D eigenvalue weighted by Crippen LogP contribution is 2.55. The van der Waals surface area contributed by atoms with Gasteiger partial charge in [-0.2, -0.15) is 0 Å². The van der Waals surface area contributed by atoms with Crippen LogP contribution < -0.4 is 0 Å². The van der Waals surface area contributed by atoms with Gasteiger partial charge in [0, 0.05) is 28.3 Å². The van der Waals surface area contributed by atoms with Gasteiger partial charge in [-0.25, -0.2) is 0 Å². The molecule has 0 aromatic heterocycles. The predicted molar refractivity (Wildman–Crippen MR) is 270 cm³/mol. The molecule has 0 aliphatic heterocycles. The molecule has 0 saturated heterocycles. The Balaban J connectivity index is 0.842. The SMILES string of the molecule is CC1(C)c2cc(CO)ccc2-c2ccc(-c3ccc4c(c3)C(C)(C)c3cc(-c5ccc6c(c5)C(C)(C)c5cc(-c7ccc8c(c7)C(C)(C)c7cc(CCO)ccc7-8)ccc5-6)ccc3-4)cc21. The van der Waals surface area contributed by atoms with E-state index in [4.69, 9.17) is 0 Å². The third-order valence-corrected chi connectivity index (χ3v) is 16.4. The van der Waals surface area contributed by atoms with Crippen LogP contribution in [-0.4, -0.2) is 16.8 Å². The van der Waals surface area contributed by atoms with E-state index in [1.165, 1.54) is 128 Å². The van der Waals surface area contributed by atoms with Crippen molar-refractivity contribution >= 4 is 0 Å². The van der Waals surface area contributed by atoms with Crippen LogP contribution in [0.25, 0.3) is 77.9 Å². The zero-order valence-corrected chi connectivity index (χ0v) is 38.9. The lowest BCUT2D eigenvalue weighted by atomic mass is 9.79. The summed E-state index contributed by atoms with van der Waals surface area (Å²) in [6, 6.07) is 55.7. The fourth-order valence-electron chi connectivity index (χ4n) is 12.5. The minimum absolute atomic E-state index is 0.0589. The van der Waals surface area contributed by atoms with Crippen molar-refractivity contribution < 1.29 is 10.2 Å². The van der Waals surface area contributed by atoms with Gasteiger partial charge in [0.25, 0.3) is 0 Å². The fourth-order valence-corrected chi connectivity index (χ4v) is 12.5. The molecule has 2 heteroatoms. The molecular weight excluding hydrogens is 789 g/mol. The van der Waals surface area contributed by atoms with Crippen LogP contribution in [0.4, 0.5) is 0 Å². The number of aliphatic hydroxyl groups is 2. The first-order valence-corrected chi connectivity index (χ1v) is 23.5. The summed E-state index contributed by atoms with van der Waals surface area (Å²) in [6.07, 6.45) is 0.684. The molecule has 0 atom stereocenters. The van der Waals surface area contributed by atoms with Crippen molar-refractivity contribution in [2.45, 2.75) is 90.1 Å². The summed E-state index contributed by atoms with van der Waals surface area (Å²) in [5, 5.41) is 19.5. The van der Waals surface area contributed by atoms with Gasteiger partial charge in [0.15, 0.2) is 0 Å². The molecule has 2 nitrogen and oxygen atoms in total. The monoisotopic (exact) mass is 844 g/mol. The van der Waals surface area contributed by atoms with E-state index in [2.05, 4.69) is 201 Å². The van der Waals surface area contributed by atoms with Crippen LogP contribution in [0.5, 0.6) is 0 Å². The van der Waals surface area contributed by atoms with Crippen LogP contribution in [0.2, 0.25) is 0 Å². The third-order valence-electron chi connectivity index (χ3n) is 16.4. The molecule has 2 N–H and O–H groups in total. The Bertz CT molecular complexity index is 3370. The van der Waals surface area contributed by atoms with Crippen molar-refractivity contribution in [3.63, 3.8) is 0 Å². The maximum absolute atomic E-state index is 9.88. The van der Waals surface area contributed by atoms with Gasteiger partial charge in [0.1, 0.15) is 0 Å². The molecule has 0 heterocycles. The highest BCUT2D eigenvalue weighted by atomic mass is 16.3. The van der Waals surface area contributed by atoms with Crippen LogP contribution in [0, 0.1) is 0 Å². The van der Waals surface area contributed by atoms with E-state index < -0.39 is 0 Å². The van der Waals surface area contributed by atoms with Crippen LogP contribution in [0.1, 0.15) is 111 Å². The Hall–Kier alpha value is -6.32. The normalized spacial score (nSPS) is 16.5. The minimum Gasteiger partial charge on any atom is -0.396 e. The summed E-state index contributed by atoms with van der Waals surface area (Å²) in [7, 11) is 0. The summed E-state index contributed by atoms with van der Waals surface area (Å²) >= 11 is 0. The predicted octanol–water partition coefficient (Wildman–Crippen LogP) is 14.9. The molecule has 0 amide bonds. The second kappa shape index (κ2) is 13.6. The number of rotatable bonds is 6. The number of hydrogen-bond donors (Lipinski definition) is 2. The van der Waals surface area contributed by atoms with E-state index in [0.717, 1.165) is 5.56 Å². The van der Waals surface area contributed by atoms with Gasteiger partial charge in [-0.05, 0) is 176 Å². The third kappa shape index (κ3) is 5.60. The van der Waals surface area contributed by atoms with Crippen molar-refractivity contribution in [1.82, 2.24) is 0 Å². The van der Waals surface area contributed by atoms with Gasteiger partial charge in [-0.1, -0.05) is 165 Å². The topological polar surface area (TPSA) is 40.5 Å². The molecule has 0 saturated carbocycles. The molecule has 4 aliphatic rings. The largest absolute Gasteiger partial charge is 0.396 e. The molecule has 0 bridgehead atoms. The average molecular weight is 845 g/mol. The standard InChI is InChI=1S/C63H56O2/c1-60(2)52-27-36(25-26-64)9-17-44(52)46-19-11-38(29-54(46)60)40-13-21-48-50-23-15-42(33-58(50)62(5,6)56(48)31-40)43-16-24-51-49-22-14-41(32-57(49)63(7,8)59(51)34-43)39-12-20-47-45-18-10-37(35-65)28-53(45)61(3,4)55(47)30-39/h9-24,27-34,64-65H,25-26,35H2,1-8H3. The Kier molecular flexibility index (Phi) is 8.42. The van der Waals surface area contributed by atoms with Gasteiger partial charge in [0.2, 0.25) is 0 Å². The van der Waals surface area contributed by atoms with Crippen LogP contribution in [0.15, 0.2) is 146 Å². The maximum Gasteiger partial charge on any atom is 0.0681 e. The maximum atomic E-state index is 9.88. The Labute approximate surface area is 384 Å². The van der Waals surface area contributed by atoms with E-state index in [9.17, 15) is 10.2 Å². The van der Waals surface area contributed by atoms with E-state index in [-0.39, 0.29) is 34.9 Å². The van der Waals surface area contributed by atoms with Gasteiger partial charge in [-0.15, -0.1) is 0 Å². The first-order valence-electron chi connectivity index (χ1n) is 23.5. The first-order chi connectivity index (χ1) is 31.1. The van der Waals surface area contributed by atoms with Gasteiger partial charge >= 0.3 is 0 Å². The molecule has 0 radical (unpaired) electrons. The lowest BCUT2D eigenvalue weighted by molar-refractivity contribution is 0.281. The number of fused-ring (bicyclic) bond motifs is 12. The summed E-state index contributed by atoms with van der Waals surface area (Å²) in [5.41, 5.74) is 30.5. The van der Waals surface area contributed by atoms with Gasteiger partial charge in [0.05, 0.1) is 6.61 Å². The first kappa shape index (κ1) is 40.2. The van der Waals surface area contributed by atoms with Crippen molar-refractivity contribution in [3.05, 3.63) is 201 Å². The molecule has 0 unspecified atom stereocenters. The van der Waals surface area contributed by atoms with E-state index in [0.29, 0.717) is 6.42 Å². The van der Waals surface area contributed by atoms with E-state index in [1.54, 1.807) is 0 Å². The second-order valence-electron chi connectivity index (χ2n) is 21.5. The Morgan fingerprint density at radius 2 is 0.492 bits per heavy atom. The molecule has 4 aliphatic carbocycles. The molecular formula is C63H56O2. The van der Waals surface area contributed by atoms with Gasteiger partial charge < -0.3 is 10.2 Å². The highest BCUT2D eigenvalue weighted by molar-refractivity contribution is 5.91. The van der Waals surface area contributed by atoms with Gasteiger partial charge in [-0.3, -0.25) is 0 Å². The number of hydrogen-bond acceptors (Lipinski definition) is 2. The fraction of sp³-hybridized carbons (Fsp3) is 0.238. The smallest absolute Gasteiger partial charge is 0.0681 e. The zero-order valence-electron chi connectivity index (χ0n) is 38.9. The second-order valence-corrected chi connectivity index (χ2v) is 21.5. The molecule has 8 aromatic carbocycles. The minimum atomic E-state index is -0.162. The summed E-state index contributed by atoms with van der Waals surface area (Å²) in [4.78, 5) is 0. The lowest BCUT2D eigenvalue weighted by Crippen LogP contribution is -2.16. The zero-order chi connectivity index (χ0) is 44.9. The van der Waals surface area contributed by atoms with Crippen molar-refractivity contribution in [2.24, 2.45) is 0 Å². The van der Waals surface area contributed by atoms with E-state index in [1.807, 2.05) is 0 Å². The highest BCUT2D eigenvalue weighted by Gasteiger charge is 2.40. The number of aliphatic hydroxyl groups excluding tert-OH is 2. The molecule has 0 fully saturated rings. The molecule has 65 heavy (non-hydrogen) atoms. The van der Waals surface area contributed by atoms with Crippen LogP contribution >= 0.6 is 0 Å². The van der Waals surface area contributed by atoms with Crippen molar-refractivity contribution in [3.8, 4) is 77.9 Å². The van der Waals surface area contributed by atoms with E-state index >= 15 is 0 Å². The van der Waals surface area contributed by atoms with Crippen LogP contribution in [0.3, 0.4) is 0 Å². The summed E-state index contributed by atoms with van der Waals surface area (Å²) < 4.78 is 0. The summed E-state index contributed by atoms with van der Waals surface area (Å²) in [5.74, 6) is 0. The van der Waals surface area contributed by atoms with Crippen molar-refractivity contribution in [2.75, 3.05) is 6.61 Å². The molecule has 12 rings (SSSR count).